The highest BCUT2D eigenvalue weighted by Gasteiger charge is 2.20. The van der Waals surface area contributed by atoms with Gasteiger partial charge in [0.1, 0.15) is 11.9 Å². The van der Waals surface area contributed by atoms with Gasteiger partial charge in [-0.05, 0) is 30.5 Å². The highest BCUT2D eigenvalue weighted by Crippen LogP contribution is 2.34. The average Bonchev–Trinajstić information content (AvgIpc) is 2.64. The lowest BCUT2D eigenvalue weighted by molar-refractivity contribution is 0.254. The van der Waals surface area contributed by atoms with Crippen LogP contribution in [0, 0.1) is 0 Å². The van der Waals surface area contributed by atoms with Crippen LogP contribution in [0.15, 0.2) is 18.2 Å². The predicted molar refractivity (Wildman–Crippen MR) is 68.4 cm³/mol. The molecule has 0 radical (unpaired) electrons. The molecule has 1 heterocycles. The summed E-state index contributed by atoms with van der Waals surface area (Å²) in [7, 11) is 0. The van der Waals surface area contributed by atoms with E-state index in [9.17, 15) is 0 Å². The fourth-order valence-corrected chi connectivity index (χ4v) is 2.48. The SMILES string of the molecule is CCCCC(Cl)c1ccc2c(c1)CC(C)O2. The van der Waals surface area contributed by atoms with Crippen LogP contribution in [0.5, 0.6) is 5.75 Å². The molecule has 1 aliphatic heterocycles. The molecule has 2 atom stereocenters. The summed E-state index contributed by atoms with van der Waals surface area (Å²) in [6.07, 6.45) is 4.79. The predicted octanol–water partition coefficient (Wildman–Crippen LogP) is 4.48. The molecule has 0 aliphatic carbocycles. The summed E-state index contributed by atoms with van der Waals surface area (Å²) < 4.78 is 5.68. The Morgan fingerprint density at radius 1 is 1.50 bits per heavy atom. The number of hydrogen-bond acceptors (Lipinski definition) is 1. The molecule has 2 rings (SSSR count). The van der Waals surface area contributed by atoms with Crippen LogP contribution in [0.4, 0.5) is 0 Å². The van der Waals surface area contributed by atoms with E-state index in [-0.39, 0.29) is 5.38 Å². The number of unbranched alkanes of at least 4 members (excludes halogenated alkanes) is 1. The van der Waals surface area contributed by atoms with Crippen molar-refractivity contribution < 1.29 is 4.74 Å². The number of ether oxygens (including phenoxy) is 1. The van der Waals surface area contributed by atoms with Gasteiger partial charge >= 0.3 is 0 Å². The molecule has 0 aromatic heterocycles. The number of hydrogen-bond donors (Lipinski definition) is 0. The maximum Gasteiger partial charge on any atom is 0.123 e. The third-order valence-corrected chi connectivity index (χ3v) is 3.56. The van der Waals surface area contributed by atoms with Crippen molar-refractivity contribution in [3.05, 3.63) is 29.3 Å². The highest BCUT2D eigenvalue weighted by atomic mass is 35.5. The summed E-state index contributed by atoms with van der Waals surface area (Å²) in [6, 6.07) is 6.38. The molecule has 2 heteroatoms. The zero-order valence-corrected chi connectivity index (χ0v) is 10.8. The van der Waals surface area contributed by atoms with Crippen LogP contribution in [0.1, 0.15) is 49.6 Å². The molecule has 16 heavy (non-hydrogen) atoms. The molecule has 0 fully saturated rings. The third kappa shape index (κ3) is 2.52. The lowest BCUT2D eigenvalue weighted by atomic mass is 10.0. The molecular formula is C14H19ClO. The molecule has 0 spiro atoms. The van der Waals surface area contributed by atoms with Crippen molar-refractivity contribution in [2.24, 2.45) is 0 Å². The quantitative estimate of drug-likeness (QED) is 0.703. The smallest absolute Gasteiger partial charge is 0.123 e. The van der Waals surface area contributed by atoms with Gasteiger partial charge in [0, 0.05) is 6.42 Å². The molecule has 0 N–H and O–H groups in total. The Kier molecular flexibility index (Phi) is 3.75. The summed E-state index contributed by atoms with van der Waals surface area (Å²) in [5, 5.41) is 0.154. The van der Waals surface area contributed by atoms with Gasteiger partial charge in [0.25, 0.3) is 0 Å². The minimum absolute atomic E-state index is 0.154. The number of fused-ring (bicyclic) bond motifs is 1. The number of benzene rings is 1. The van der Waals surface area contributed by atoms with E-state index < -0.39 is 0 Å². The molecule has 0 saturated carbocycles. The monoisotopic (exact) mass is 238 g/mol. The van der Waals surface area contributed by atoms with E-state index in [2.05, 4.69) is 32.0 Å². The summed E-state index contributed by atoms with van der Waals surface area (Å²) in [6.45, 7) is 4.30. The second kappa shape index (κ2) is 5.09. The van der Waals surface area contributed by atoms with Crippen LogP contribution in [0.3, 0.4) is 0 Å². The van der Waals surface area contributed by atoms with Crippen LogP contribution in [-0.4, -0.2) is 6.10 Å². The van der Waals surface area contributed by atoms with Gasteiger partial charge in [0.05, 0.1) is 5.38 Å². The lowest BCUT2D eigenvalue weighted by Crippen LogP contribution is -2.05. The van der Waals surface area contributed by atoms with Gasteiger partial charge in [0.15, 0.2) is 0 Å². The Hall–Kier alpha value is -0.690. The van der Waals surface area contributed by atoms with Crippen molar-refractivity contribution in [1.29, 1.82) is 0 Å². The third-order valence-electron chi connectivity index (χ3n) is 3.09. The van der Waals surface area contributed by atoms with Crippen LogP contribution >= 0.6 is 11.6 Å². The van der Waals surface area contributed by atoms with E-state index in [0.29, 0.717) is 6.10 Å². The van der Waals surface area contributed by atoms with Crippen molar-refractivity contribution in [2.45, 2.75) is 51.0 Å². The van der Waals surface area contributed by atoms with Gasteiger partial charge in [-0.1, -0.05) is 31.9 Å². The van der Waals surface area contributed by atoms with Crippen molar-refractivity contribution in [2.75, 3.05) is 0 Å². The van der Waals surface area contributed by atoms with Gasteiger partial charge in [-0.3, -0.25) is 0 Å². The second-order valence-electron chi connectivity index (χ2n) is 4.61. The molecule has 2 unspecified atom stereocenters. The maximum absolute atomic E-state index is 6.38. The fourth-order valence-electron chi connectivity index (χ4n) is 2.19. The molecule has 1 nitrogen and oxygen atoms in total. The first-order chi connectivity index (χ1) is 7.70. The van der Waals surface area contributed by atoms with E-state index in [1.807, 2.05) is 0 Å². The summed E-state index contributed by atoms with van der Waals surface area (Å²) in [5.41, 5.74) is 2.55. The zero-order valence-electron chi connectivity index (χ0n) is 10.0. The first-order valence-corrected chi connectivity index (χ1v) is 6.58. The highest BCUT2D eigenvalue weighted by molar-refractivity contribution is 6.20. The Bertz CT molecular complexity index is 362. The molecule has 0 saturated heterocycles. The normalized spacial score (nSPS) is 20.3. The lowest BCUT2D eigenvalue weighted by Gasteiger charge is -2.10. The molecular weight excluding hydrogens is 220 g/mol. The maximum atomic E-state index is 6.38. The van der Waals surface area contributed by atoms with Gasteiger partial charge in [-0.15, -0.1) is 11.6 Å². The van der Waals surface area contributed by atoms with E-state index >= 15 is 0 Å². The van der Waals surface area contributed by atoms with Gasteiger partial charge in [0.2, 0.25) is 0 Å². The molecule has 0 bridgehead atoms. The molecule has 88 valence electrons. The first kappa shape index (κ1) is 11.8. The number of alkyl halides is 1. The van der Waals surface area contributed by atoms with Gasteiger partial charge < -0.3 is 4.74 Å². The van der Waals surface area contributed by atoms with Gasteiger partial charge in [-0.25, -0.2) is 0 Å². The fraction of sp³-hybridized carbons (Fsp3) is 0.571. The second-order valence-corrected chi connectivity index (χ2v) is 5.14. The van der Waals surface area contributed by atoms with Crippen LogP contribution in [0.2, 0.25) is 0 Å². The Morgan fingerprint density at radius 3 is 3.06 bits per heavy atom. The first-order valence-electron chi connectivity index (χ1n) is 6.14. The molecule has 1 aromatic carbocycles. The standard InChI is InChI=1S/C14H19ClO/c1-3-4-5-13(15)11-6-7-14-12(9-11)8-10(2)16-14/h6-7,9-10,13H,3-5,8H2,1-2H3. The van der Waals surface area contributed by atoms with Crippen LogP contribution in [-0.2, 0) is 6.42 Å². The van der Waals surface area contributed by atoms with Crippen LogP contribution < -0.4 is 4.74 Å². The van der Waals surface area contributed by atoms with E-state index in [4.69, 9.17) is 16.3 Å². The number of halogens is 1. The summed E-state index contributed by atoms with van der Waals surface area (Å²) in [4.78, 5) is 0. The Labute approximate surface area is 103 Å². The zero-order chi connectivity index (χ0) is 11.5. The largest absolute Gasteiger partial charge is 0.490 e. The van der Waals surface area contributed by atoms with Crippen molar-refractivity contribution >= 4 is 11.6 Å². The van der Waals surface area contributed by atoms with Crippen LogP contribution in [0.25, 0.3) is 0 Å². The van der Waals surface area contributed by atoms with Gasteiger partial charge in [-0.2, -0.15) is 0 Å². The minimum atomic E-state index is 0.154. The topological polar surface area (TPSA) is 9.23 Å². The molecule has 0 amide bonds. The van der Waals surface area contributed by atoms with E-state index in [1.165, 1.54) is 24.0 Å². The van der Waals surface area contributed by atoms with E-state index in [0.717, 1.165) is 18.6 Å². The average molecular weight is 239 g/mol. The molecule has 1 aromatic rings. The Morgan fingerprint density at radius 2 is 2.31 bits per heavy atom. The minimum Gasteiger partial charge on any atom is -0.490 e. The summed E-state index contributed by atoms with van der Waals surface area (Å²) in [5.74, 6) is 1.04. The number of rotatable bonds is 4. The van der Waals surface area contributed by atoms with Crippen molar-refractivity contribution in [3.8, 4) is 5.75 Å². The molecule has 1 aliphatic rings. The van der Waals surface area contributed by atoms with E-state index in [1.54, 1.807) is 0 Å². The Balaban J connectivity index is 2.09. The summed E-state index contributed by atoms with van der Waals surface area (Å²) >= 11 is 6.38. The van der Waals surface area contributed by atoms with Crippen molar-refractivity contribution in [1.82, 2.24) is 0 Å². The van der Waals surface area contributed by atoms with Crippen molar-refractivity contribution in [3.63, 3.8) is 0 Å².